The van der Waals surface area contributed by atoms with Gasteiger partial charge in [0.2, 0.25) is 0 Å². The molecule has 0 aromatic heterocycles. The van der Waals surface area contributed by atoms with Crippen molar-refractivity contribution in [2.45, 2.75) is 44.9 Å². The number of ether oxygens (including phenoxy) is 1. The Hall–Kier alpha value is -2.11. The Labute approximate surface area is 154 Å². The predicted molar refractivity (Wildman–Crippen MR) is 101 cm³/mol. The summed E-state index contributed by atoms with van der Waals surface area (Å²) in [6, 6.07) is 6.13. The number of nitrogens with one attached hydrogen (secondary N) is 1. The minimum Gasteiger partial charge on any atom is -0.484 e. The highest BCUT2D eigenvalue weighted by atomic mass is 19.1. The summed E-state index contributed by atoms with van der Waals surface area (Å²) in [5.74, 6) is -0.503. The van der Waals surface area contributed by atoms with Crippen LogP contribution in [0, 0.1) is 17.7 Å². The number of hydrogen-bond acceptors (Lipinski definition) is 4. The van der Waals surface area contributed by atoms with E-state index in [4.69, 9.17) is 4.74 Å². The number of aliphatic imine (C=N–C) groups is 1. The van der Waals surface area contributed by atoms with Crippen molar-refractivity contribution in [1.29, 1.82) is 0 Å². The minimum atomic E-state index is -0.773. The Bertz CT molecular complexity index is 583. The molecule has 0 saturated heterocycles. The molecule has 0 radical (unpaired) electrons. The molecule has 2 N–H and O–H groups in total. The van der Waals surface area contributed by atoms with Crippen LogP contribution in [0.4, 0.5) is 10.1 Å². The minimum absolute atomic E-state index is 0.270. The highest BCUT2D eigenvalue weighted by Crippen LogP contribution is 2.30. The van der Waals surface area contributed by atoms with Gasteiger partial charge in [-0.15, -0.1) is 0 Å². The third-order valence-electron chi connectivity index (χ3n) is 4.92. The molecule has 5 nitrogen and oxygen atoms in total. The Balaban J connectivity index is 1.81. The van der Waals surface area contributed by atoms with Gasteiger partial charge in [-0.25, -0.2) is 4.39 Å². The molecule has 1 aliphatic rings. The number of nitrogens with zero attached hydrogens (tertiary/aromatic N) is 1. The van der Waals surface area contributed by atoms with Crippen molar-refractivity contribution in [2.75, 3.05) is 25.5 Å². The van der Waals surface area contributed by atoms with Crippen molar-refractivity contribution < 1.29 is 19.0 Å². The van der Waals surface area contributed by atoms with Crippen LogP contribution in [-0.2, 0) is 9.53 Å². The summed E-state index contributed by atoms with van der Waals surface area (Å²) in [5.41, 5.74) is 0.821. The van der Waals surface area contributed by atoms with Gasteiger partial charge in [-0.1, -0.05) is 32.1 Å². The van der Waals surface area contributed by atoms with E-state index in [9.17, 15) is 14.3 Å². The second-order valence-corrected chi connectivity index (χ2v) is 6.89. The molecule has 1 saturated carbocycles. The van der Waals surface area contributed by atoms with Gasteiger partial charge in [-0.05, 0) is 36.6 Å². The van der Waals surface area contributed by atoms with E-state index < -0.39 is 11.9 Å². The van der Waals surface area contributed by atoms with Crippen LogP contribution < -0.4 is 5.32 Å². The van der Waals surface area contributed by atoms with Gasteiger partial charge >= 0.3 is 5.97 Å². The smallest absolute Gasteiger partial charge is 0.307 e. The zero-order chi connectivity index (χ0) is 18.8. The van der Waals surface area contributed by atoms with Crippen LogP contribution in [-0.4, -0.2) is 37.2 Å². The van der Waals surface area contributed by atoms with Crippen molar-refractivity contribution in [3.63, 3.8) is 0 Å². The van der Waals surface area contributed by atoms with Crippen molar-refractivity contribution >= 4 is 17.6 Å². The zero-order valence-electron chi connectivity index (χ0n) is 15.4. The van der Waals surface area contributed by atoms with E-state index in [2.05, 4.69) is 10.3 Å². The number of methoxy groups -OCH3 is 1. The molecule has 0 heterocycles. The topological polar surface area (TPSA) is 70.9 Å². The molecule has 1 aliphatic carbocycles. The molecule has 0 unspecified atom stereocenters. The van der Waals surface area contributed by atoms with Crippen LogP contribution in [0.5, 0.6) is 0 Å². The molecule has 2 rings (SSSR count). The summed E-state index contributed by atoms with van der Waals surface area (Å²) < 4.78 is 18.2. The second-order valence-electron chi connectivity index (χ2n) is 6.89. The van der Waals surface area contributed by atoms with E-state index in [1.807, 2.05) is 0 Å². The van der Waals surface area contributed by atoms with Gasteiger partial charge in [0.15, 0.2) is 5.90 Å². The zero-order valence-corrected chi connectivity index (χ0v) is 15.4. The number of carbonyl (C=O) groups is 1. The third kappa shape index (κ3) is 7.02. The molecule has 1 aromatic rings. The fourth-order valence-corrected chi connectivity index (χ4v) is 3.47. The van der Waals surface area contributed by atoms with Gasteiger partial charge in [0.25, 0.3) is 0 Å². The quantitative estimate of drug-likeness (QED) is 0.388. The summed E-state index contributed by atoms with van der Waals surface area (Å²) in [6.45, 7) is 1.04. The first-order valence-corrected chi connectivity index (χ1v) is 9.38. The number of carboxylic acids is 1. The molecule has 0 bridgehead atoms. The predicted octanol–water partition coefficient (Wildman–Crippen LogP) is 4.34. The summed E-state index contributed by atoms with van der Waals surface area (Å²) in [4.78, 5) is 16.0. The van der Waals surface area contributed by atoms with Gasteiger partial charge in [0.1, 0.15) is 5.82 Å². The number of anilines is 1. The van der Waals surface area contributed by atoms with E-state index >= 15 is 0 Å². The first-order valence-electron chi connectivity index (χ1n) is 9.38. The van der Waals surface area contributed by atoms with Crippen molar-refractivity contribution in [1.82, 2.24) is 0 Å². The van der Waals surface area contributed by atoms with E-state index in [0.29, 0.717) is 37.7 Å². The van der Waals surface area contributed by atoms with E-state index in [1.54, 1.807) is 12.1 Å². The van der Waals surface area contributed by atoms with Gasteiger partial charge in [0.05, 0.1) is 19.6 Å². The van der Waals surface area contributed by atoms with Crippen molar-refractivity contribution in [2.24, 2.45) is 16.8 Å². The van der Waals surface area contributed by atoms with Crippen LogP contribution in [0.1, 0.15) is 44.9 Å². The van der Waals surface area contributed by atoms with Crippen LogP contribution in [0.25, 0.3) is 0 Å². The highest BCUT2D eigenvalue weighted by molar-refractivity contribution is 5.82. The lowest BCUT2D eigenvalue weighted by atomic mass is 9.82. The SMILES string of the molecule is COC(C[C@@H](CC1CCCCC1)C(=O)O)=NCCNc1ccc(F)cc1. The summed E-state index contributed by atoms with van der Waals surface area (Å²) in [7, 11) is 1.53. The van der Waals surface area contributed by atoms with E-state index in [0.717, 1.165) is 18.5 Å². The number of carboxylic acid groups (broad SMARTS) is 1. The number of benzene rings is 1. The lowest BCUT2D eigenvalue weighted by molar-refractivity contribution is -0.142. The standard InChI is InChI=1S/C20H29FN2O3/c1-26-19(23-12-11-22-18-9-7-17(21)8-10-18)14-16(20(24)25)13-15-5-3-2-4-6-15/h7-10,15-16,22H,2-6,11-14H2,1H3,(H,24,25)/t16-/m1/s1. The first kappa shape index (κ1) is 20.2. The lowest BCUT2D eigenvalue weighted by Crippen LogP contribution is -2.23. The van der Waals surface area contributed by atoms with E-state index in [-0.39, 0.29) is 5.82 Å². The van der Waals surface area contributed by atoms with Gasteiger partial charge in [-0.3, -0.25) is 9.79 Å². The molecule has 1 atom stereocenters. The number of aliphatic carboxylic acids is 1. The Morgan fingerprint density at radius 1 is 1.31 bits per heavy atom. The van der Waals surface area contributed by atoms with Crippen LogP contribution in [0.2, 0.25) is 0 Å². The van der Waals surface area contributed by atoms with Crippen LogP contribution in [0.3, 0.4) is 0 Å². The molecule has 1 fully saturated rings. The summed E-state index contributed by atoms with van der Waals surface area (Å²) in [6.07, 6.45) is 6.97. The first-order chi connectivity index (χ1) is 12.6. The van der Waals surface area contributed by atoms with Crippen molar-refractivity contribution in [3.8, 4) is 0 Å². The normalized spacial score (nSPS) is 16.9. The molecule has 1 aromatic carbocycles. The number of hydrogen-bond donors (Lipinski definition) is 2. The van der Waals surface area contributed by atoms with Crippen molar-refractivity contribution in [3.05, 3.63) is 30.1 Å². The molecule has 0 amide bonds. The molecule has 6 heteroatoms. The van der Waals surface area contributed by atoms with Crippen LogP contribution in [0.15, 0.2) is 29.3 Å². The highest BCUT2D eigenvalue weighted by Gasteiger charge is 2.25. The molecular formula is C20H29FN2O3. The molecule has 26 heavy (non-hydrogen) atoms. The maximum atomic E-state index is 12.9. The molecule has 0 aliphatic heterocycles. The average Bonchev–Trinajstić information content (AvgIpc) is 2.65. The second kappa shape index (κ2) is 10.8. The summed E-state index contributed by atoms with van der Waals surface area (Å²) in [5, 5.41) is 12.7. The van der Waals surface area contributed by atoms with Gasteiger partial charge in [-0.2, -0.15) is 0 Å². The van der Waals surface area contributed by atoms with Crippen LogP contribution >= 0.6 is 0 Å². The lowest BCUT2D eigenvalue weighted by Gasteiger charge is -2.24. The Kier molecular flexibility index (Phi) is 8.38. The average molecular weight is 364 g/mol. The van der Waals surface area contributed by atoms with Gasteiger partial charge < -0.3 is 15.2 Å². The Morgan fingerprint density at radius 2 is 2.00 bits per heavy atom. The largest absolute Gasteiger partial charge is 0.484 e. The number of rotatable bonds is 9. The van der Waals surface area contributed by atoms with Gasteiger partial charge in [0, 0.05) is 18.7 Å². The molecule has 144 valence electrons. The third-order valence-corrected chi connectivity index (χ3v) is 4.92. The maximum absolute atomic E-state index is 12.9. The fourth-order valence-electron chi connectivity index (χ4n) is 3.47. The fraction of sp³-hybridized carbons (Fsp3) is 0.600. The Morgan fingerprint density at radius 3 is 2.62 bits per heavy atom. The summed E-state index contributed by atoms with van der Waals surface area (Å²) >= 11 is 0. The molecular weight excluding hydrogens is 335 g/mol. The number of halogens is 1. The van der Waals surface area contributed by atoms with E-state index in [1.165, 1.54) is 38.5 Å². The monoisotopic (exact) mass is 364 g/mol. The maximum Gasteiger partial charge on any atom is 0.307 e. The molecule has 0 spiro atoms.